The minimum Gasteiger partial charge on any atom is -0.449 e. The monoisotopic (exact) mass is 440 g/mol. The van der Waals surface area contributed by atoms with Crippen molar-refractivity contribution in [2.75, 3.05) is 44.4 Å². The lowest BCUT2D eigenvalue weighted by molar-refractivity contribution is 0.122. The summed E-state index contributed by atoms with van der Waals surface area (Å²) in [5, 5.41) is 2.83. The van der Waals surface area contributed by atoms with Crippen molar-refractivity contribution in [3.05, 3.63) is 95.6 Å². The number of carbonyl (C=O) groups is 1. The molecule has 0 atom stereocenters. The van der Waals surface area contributed by atoms with Crippen LogP contribution in [0.1, 0.15) is 22.6 Å². The second-order valence-corrected chi connectivity index (χ2v) is 8.30. The van der Waals surface area contributed by atoms with Gasteiger partial charge in [0.2, 0.25) is 0 Å². The van der Waals surface area contributed by atoms with E-state index in [-0.39, 0.29) is 5.92 Å². The lowest BCUT2D eigenvalue weighted by Gasteiger charge is -2.29. The molecule has 5 rings (SSSR count). The predicted molar refractivity (Wildman–Crippen MR) is 132 cm³/mol. The summed E-state index contributed by atoms with van der Waals surface area (Å²) in [6.45, 7) is 4.10. The lowest BCUT2D eigenvalue weighted by atomic mass is 9.98. The minimum absolute atomic E-state index is 0.0709. The first-order chi connectivity index (χ1) is 16.3. The van der Waals surface area contributed by atoms with Gasteiger partial charge in [-0.15, -0.1) is 0 Å². The van der Waals surface area contributed by atoms with Crippen molar-refractivity contribution < 1.29 is 14.3 Å². The molecule has 2 aliphatic rings. The topological polar surface area (TPSA) is 50.8 Å². The summed E-state index contributed by atoms with van der Waals surface area (Å²) >= 11 is 0. The van der Waals surface area contributed by atoms with Crippen LogP contribution in [0.25, 0.3) is 17.2 Å². The first kappa shape index (κ1) is 21.3. The van der Waals surface area contributed by atoms with E-state index in [2.05, 4.69) is 70.9 Å². The van der Waals surface area contributed by atoms with Crippen molar-refractivity contribution in [2.24, 2.45) is 0 Å². The Morgan fingerprint density at radius 2 is 1.67 bits per heavy atom. The van der Waals surface area contributed by atoms with Crippen LogP contribution >= 0.6 is 0 Å². The van der Waals surface area contributed by atoms with Gasteiger partial charge in [0.1, 0.15) is 6.61 Å². The molecule has 1 amide bonds. The third kappa shape index (κ3) is 4.78. The van der Waals surface area contributed by atoms with Crippen LogP contribution in [0.4, 0.5) is 10.5 Å². The molecular weight excluding hydrogens is 412 g/mol. The number of amides is 1. The summed E-state index contributed by atoms with van der Waals surface area (Å²) in [5.74, 6) is 0.0709. The molecule has 0 saturated carbocycles. The van der Waals surface area contributed by atoms with Crippen molar-refractivity contribution in [1.29, 1.82) is 0 Å². The van der Waals surface area contributed by atoms with Crippen LogP contribution in [0.15, 0.2) is 78.9 Å². The highest BCUT2D eigenvalue weighted by atomic mass is 16.5. The number of nitrogens with one attached hydrogen (secondary N) is 1. The maximum atomic E-state index is 12.3. The number of rotatable bonds is 6. The van der Waals surface area contributed by atoms with E-state index in [1.165, 1.54) is 27.9 Å². The molecule has 5 nitrogen and oxygen atoms in total. The van der Waals surface area contributed by atoms with Crippen molar-refractivity contribution in [3.63, 3.8) is 0 Å². The zero-order valence-corrected chi connectivity index (χ0v) is 18.6. The molecule has 1 heterocycles. The molecule has 1 aliphatic carbocycles. The van der Waals surface area contributed by atoms with Gasteiger partial charge in [-0.25, -0.2) is 4.79 Å². The Labute approximate surface area is 194 Å². The molecule has 0 bridgehead atoms. The van der Waals surface area contributed by atoms with Gasteiger partial charge >= 0.3 is 6.09 Å². The largest absolute Gasteiger partial charge is 0.449 e. The van der Waals surface area contributed by atoms with E-state index in [4.69, 9.17) is 9.47 Å². The molecule has 5 heteroatoms. The van der Waals surface area contributed by atoms with Crippen LogP contribution < -0.4 is 10.2 Å². The van der Waals surface area contributed by atoms with Crippen LogP contribution in [0, 0.1) is 0 Å². The summed E-state index contributed by atoms with van der Waals surface area (Å²) in [4.78, 5) is 14.6. The highest BCUT2D eigenvalue weighted by Crippen LogP contribution is 2.44. The number of hydrogen-bond acceptors (Lipinski definition) is 4. The van der Waals surface area contributed by atoms with Crippen LogP contribution in [0.3, 0.4) is 0 Å². The lowest BCUT2D eigenvalue weighted by Crippen LogP contribution is -2.36. The fraction of sp³-hybridized carbons (Fsp3) is 0.250. The van der Waals surface area contributed by atoms with E-state index in [0.29, 0.717) is 13.2 Å². The maximum absolute atomic E-state index is 12.3. The number of carbonyl (C=O) groups excluding carboxylic acids is 1. The van der Waals surface area contributed by atoms with E-state index in [1.54, 1.807) is 0 Å². The molecule has 1 N–H and O–H groups in total. The van der Waals surface area contributed by atoms with Crippen LogP contribution in [0.5, 0.6) is 0 Å². The summed E-state index contributed by atoms with van der Waals surface area (Å²) < 4.78 is 11.0. The highest BCUT2D eigenvalue weighted by molar-refractivity contribution is 5.79. The van der Waals surface area contributed by atoms with Gasteiger partial charge in [-0.05, 0) is 39.9 Å². The number of alkyl carbamates (subject to hydrolysis) is 1. The molecule has 3 aromatic rings. The van der Waals surface area contributed by atoms with Gasteiger partial charge < -0.3 is 19.7 Å². The zero-order chi connectivity index (χ0) is 22.5. The van der Waals surface area contributed by atoms with Gasteiger partial charge in [-0.1, -0.05) is 72.8 Å². The summed E-state index contributed by atoms with van der Waals surface area (Å²) in [6.07, 6.45) is 3.57. The van der Waals surface area contributed by atoms with E-state index >= 15 is 0 Å². The van der Waals surface area contributed by atoms with Crippen LogP contribution in [-0.4, -0.2) is 45.5 Å². The molecule has 1 fully saturated rings. The molecule has 1 aliphatic heterocycles. The maximum Gasteiger partial charge on any atom is 0.407 e. The number of benzene rings is 3. The second-order valence-electron chi connectivity index (χ2n) is 8.30. The Morgan fingerprint density at radius 1 is 0.970 bits per heavy atom. The SMILES string of the molecule is O=C(NCC=Cc1cccc(N2CCOCC2)c1)OCC1c2ccccc2-c2ccccc21. The van der Waals surface area contributed by atoms with Gasteiger partial charge in [-0.3, -0.25) is 0 Å². The van der Waals surface area contributed by atoms with Crippen molar-refractivity contribution in [1.82, 2.24) is 5.32 Å². The molecule has 3 aromatic carbocycles. The number of anilines is 1. The first-order valence-corrected chi connectivity index (χ1v) is 11.5. The molecular formula is C28H28N2O3. The summed E-state index contributed by atoms with van der Waals surface area (Å²) in [5.41, 5.74) is 7.19. The Kier molecular flexibility index (Phi) is 6.40. The predicted octanol–water partition coefficient (Wildman–Crippen LogP) is 5.08. The molecule has 0 spiro atoms. The van der Waals surface area contributed by atoms with Crippen molar-refractivity contribution >= 4 is 17.9 Å². The van der Waals surface area contributed by atoms with Crippen molar-refractivity contribution in [3.8, 4) is 11.1 Å². The normalized spacial score (nSPS) is 15.3. The molecule has 0 unspecified atom stereocenters. The number of morpholine rings is 1. The standard InChI is InChI=1S/C28H28N2O3/c31-28(29-14-6-8-21-7-5-9-22(19-21)30-15-17-32-18-16-30)33-20-27-25-12-3-1-10-23(25)24-11-2-4-13-26(24)27/h1-13,19,27H,14-18,20H2,(H,29,31). The Bertz CT molecular complexity index is 1110. The Morgan fingerprint density at radius 3 is 2.39 bits per heavy atom. The fourth-order valence-electron chi connectivity index (χ4n) is 4.63. The van der Waals surface area contributed by atoms with Gasteiger partial charge in [0.25, 0.3) is 0 Å². The summed E-state index contributed by atoms with van der Waals surface area (Å²) in [7, 11) is 0. The molecule has 0 aromatic heterocycles. The molecule has 33 heavy (non-hydrogen) atoms. The van der Waals surface area contributed by atoms with Gasteiger partial charge in [0.05, 0.1) is 13.2 Å². The number of nitrogens with zero attached hydrogens (tertiary/aromatic N) is 1. The zero-order valence-electron chi connectivity index (χ0n) is 18.6. The third-order valence-corrected chi connectivity index (χ3v) is 6.26. The fourth-order valence-corrected chi connectivity index (χ4v) is 4.63. The average molecular weight is 441 g/mol. The quantitative estimate of drug-likeness (QED) is 0.581. The van der Waals surface area contributed by atoms with Crippen LogP contribution in [0.2, 0.25) is 0 Å². The van der Waals surface area contributed by atoms with E-state index in [9.17, 15) is 4.79 Å². The van der Waals surface area contributed by atoms with Crippen molar-refractivity contribution in [2.45, 2.75) is 5.92 Å². The first-order valence-electron chi connectivity index (χ1n) is 11.5. The van der Waals surface area contributed by atoms with Gasteiger partial charge in [-0.2, -0.15) is 0 Å². The van der Waals surface area contributed by atoms with E-state index in [1.807, 2.05) is 24.3 Å². The average Bonchev–Trinajstić information content (AvgIpc) is 3.20. The number of ether oxygens (including phenoxy) is 2. The molecule has 0 radical (unpaired) electrons. The third-order valence-electron chi connectivity index (χ3n) is 6.26. The Balaban J connectivity index is 1.14. The Hall–Kier alpha value is -3.57. The highest BCUT2D eigenvalue weighted by Gasteiger charge is 2.28. The number of fused-ring (bicyclic) bond motifs is 3. The molecule has 168 valence electrons. The summed E-state index contributed by atoms with van der Waals surface area (Å²) in [6, 6.07) is 25.1. The van der Waals surface area contributed by atoms with E-state index < -0.39 is 6.09 Å². The van der Waals surface area contributed by atoms with Gasteiger partial charge in [0, 0.05) is 31.2 Å². The minimum atomic E-state index is -0.399. The van der Waals surface area contributed by atoms with E-state index in [0.717, 1.165) is 31.9 Å². The molecule has 1 saturated heterocycles. The second kappa shape index (κ2) is 9.92. The van der Waals surface area contributed by atoms with Crippen LogP contribution in [-0.2, 0) is 9.47 Å². The van der Waals surface area contributed by atoms with Gasteiger partial charge in [0.15, 0.2) is 0 Å². The number of hydrogen-bond donors (Lipinski definition) is 1. The smallest absolute Gasteiger partial charge is 0.407 e.